The van der Waals surface area contributed by atoms with E-state index in [1.807, 2.05) is 13.1 Å². The minimum Gasteiger partial charge on any atom is -0.313 e. The van der Waals surface area contributed by atoms with Crippen LogP contribution in [0.5, 0.6) is 0 Å². The highest BCUT2D eigenvalue weighted by Crippen LogP contribution is 2.26. The highest BCUT2D eigenvalue weighted by Gasteiger charge is 2.08. The fourth-order valence-corrected chi connectivity index (χ4v) is 2.32. The van der Waals surface area contributed by atoms with Crippen LogP contribution in [0.2, 0.25) is 0 Å². The maximum Gasteiger partial charge on any atom is 0.147 e. The van der Waals surface area contributed by atoms with Crippen molar-refractivity contribution in [3.63, 3.8) is 0 Å². The Balaban J connectivity index is 2.31. The van der Waals surface area contributed by atoms with Crippen LogP contribution in [0.15, 0.2) is 22.7 Å². The molecule has 0 aliphatic carbocycles. The summed E-state index contributed by atoms with van der Waals surface area (Å²) in [5, 5.41) is 12.6. The Morgan fingerprint density at radius 3 is 2.94 bits per heavy atom. The number of nitrogens with one attached hydrogen (secondary N) is 1. The van der Waals surface area contributed by atoms with Crippen LogP contribution in [-0.4, -0.2) is 17.2 Å². The molecule has 1 aromatic carbocycles. The van der Waals surface area contributed by atoms with E-state index in [2.05, 4.69) is 31.4 Å². The molecular weight excluding hydrogens is 293 g/mol. The lowest BCUT2D eigenvalue weighted by atomic mass is 10.2. The smallest absolute Gasteiger partial charge is 0.147 e. The van der Waals surface area contributed by atoms with E-state index < -0.39 is 0 Å². The van der Waals surface area contributed by atoms with Crippen molar-refractivity contribution >= 4 is 27.3 Å². The maximum atomic E-state index is 13.3. The van der Waals surface area contributed by atoms with Gasteiger partial charge in [-0.3, -0.25) is 0 Å². The summed E-state index contributed by atoms with van der Waals surface area (Å²) in [5.41, 5.74) is 0.751. The number of rotatable bonds is 3. The summed E-state index contributed by atoms with van der Waals surface area (Å²) in [7, 11) is 1.85. The van der Waals surface area contributed by atoms with Crippen molar-refractivity contribution in [3.8, 4) is 10.6 Å². The van der Waals surface area contributed by atoms with Crippen molar-refractivity contribution in [2.45, 2.75) is 6.54 Å². The van der Waals surface area contributed by atoms with Gasteiger partial charge in [0, 0.05) is 12.1 Å². The first-order valence-electron chi connectivity index (χ1n) is 4.63. The van der Waals surface area contributed by atoms with Crippen molar-refractivity contribution in [2.75, 3.05) is 7.05 Å². The molecule has 0 radical (unpaired) electrons. The zero-order valence-corrected chi connectivity index (χ0v) is 10.9. The first-order valence-corrected chi connectivity index (χ1v) is 6.24. The number of halogens is 2. The van der Waals surface area contributed by atoms with Crippen LogP contribution in [0.3, 0.4) is 0 Å². The molecule has 6 heteroatoms. The average Bonchev–Trinajstić information content (AvgIpc) is 2.71. The van der Waals surface area contributed by atoms with Gasteiger partial charge in [-0.15, -0.1) is 10.2 Å². The van der Waals surface area contributed by atoms with Gasteiger partial charge in [-0.2, -0.15) is 0 Å². The molecule has 84 valence electrons. The van der Waals surface area contributed by atoms with E-state index in [0.717, 1.165) is 15.6 Å². The molecule has 0 aliphatic rings. The lowest BCUT2D eigenvalue weighted by Crippen LogP contribution is -2.04. The Morgan fingerprint density at radius 2 is 2.25 bits per heavy atom. The number of aromatic nitrogens is 2. The standard InChI is InChI=1S/C10H9BrFN3S/c1-13-5-9-14-15-10(16-9)6-2-3-7(11)8(12)4-6/h2-4,13H,5H2,1H3. The molecule has 0 spiro atoms. The van der Waals surface area contributed by atoms with E-state index >= 15 is 0 Å². The minimum atomic E-state index is -0.289. The van der Waals surface area contributed by atoms with Crippen molar-refractivity contribution in [1.29, 1.82) is 0 Å². The lowest BCUT2D eigenvalue weighted by molar-refractivity contribution is 0.621. The van der Waals surface area contributed by atoms with Gasteiger partial charge in [0.05, 0.1) is 4.47 Å². The minimum absolute atomic E-state index is 0.289. The van der Waals surface area contributed by atoms with Crippen LogP contribution in [0.25, 0.3) is 10.6 Å². The van der Waals surface area contributed by atoms with Gasteiger partial charge in [-0.05, 0) is 35.1 Å². The van der Waals surface area contributed by atoms with Gasteiger partial charge in [-0.25, -0.2) is 4.39 Å². The second-order valence-electron chi connectivity index (χ2n) is 3.16. The summed E-state index contributed by atoms with van der Waals surface area (Å²) >= 11 is 4.57. The number of nitrogens with zero attached hydrogens (tertiary/aromatic N) is 2. The Bertz CT molecular complexity index is 501. The summed E-state index contributed by atoms with van der Waals surface area (Å²) in [6.45, 7) is 0.677. The second-order valence-corrected chi connectivity index (χ2v) is 5.08. The van der Waals surface area contributed by atoms with E-state index in [4.69, 9.17) is 0 Å². The molecule has 0 amide bonds. The molecule has 0 aliphatic heterocycles. The Labute approximate surface area is 105 Å². The third-order valence-electron chi connectivity index (χ3n) is 1.96. The fraction of sp³-hybridized carbons (Fsp3) is 0.200. The Morgan fingerprint density at radius 1 is 1.44 bits per heavy atom. The second kappa shape index (κ2) is 4.99. The molecule has 0 saturated carbocycles. The first kappa shape index (κ1) is 11.6. The largest absolute Gasteiger partial charge is 0.313 e. The fourth-order valence-electron chi connectivity index (χ4n) is 1.22. The van der Waals surface area contributed by atoms with Crippen LogP contribution < -0.4 is 5.32 Å². The number of benzene rings is 1. The van der Waals surface area contributed by atoms with Gasteiger partial charge < -0.3 is 5.32 Å². The van der Waals surface area contributed by atoms with E-state index in [9.17, 15) is 4.39 Å². The molecule has 1 heterocycles. The zero-order chi connectivity index (χ0) is 11.5. The summed E-state index contributed by atoms with van der Waals surface area (Å²) < 4.78 is 13.8. The van der Waals surface area contributed by atoms with Crippen LogP contribution in [0, 0.1) is 5.82 Å². The molecule has 0 saturated heterocycles. The topological polar surface area (TPSA) is 37.8 Å². The van der Waals surface area contributed by atoms with Crippen molar-refractivity contribution < 1.29 is 4.39 Å². The van der Waals surface area contributed by atoms with Crippen molar-refractivity contribution in [3.05, 3.63) is 33.5 Å². The maximum absolute atomic E-state index is 13.3. The highest BCUT2D eigenvalue weighted by atomic mass is 79.9. The average molecular weight is 302 g/mol. The van der Waals surface area contributed by atoms with Gasteiger partial charge in [0.1, 0.15) is 15.8 Å². The van der Waals surface area contributed by atoms with E-state index in [1.54, 1.807) is 6.07 Å². The van der Waals surface area contributed by atoms with E-state index in [0.29, 0.717) is 11.0 Å². The third-order valence-corrected chi connectivity index (χ3v) is 3.58. The molecule has 2 rings (SSSR count). The van der Waals surface area contributed by atoms with Gasteiger partial charge in [0.25, 0.3) is 0 Å². The van der Waals surface area contributed by atoms with Gasteiger partial charge >= 0.3 is 0 Å². The normalized spacial score (nSPS) is 10.7. The van der Waals surface area contributed by atoms with Crippen LogP contribution in [0.1, 0.15) is 5.01 Å². The molecule has 0 atom stereocenters. The highest BCUT2D eigenvalue weighted by molar-refractivity contribution is 9.10. The van der Waals surface area contributed by atoms with Crippen LogP contribution >= 0.6 is 27.3 Å². The molecule has 1 aromatic heterocycles. The summed E-state index contributed by atoms with van der Waals surface area (Å²) in [5.74, 6) is -0.289. The molecular formula is C10H9BrFN3S. The molecule has 0 fully saturated rings. The quantitative estimate of drug-likeness (QED) is 0.947. The third kappa shape index (κ3) is 2.45. The zero-order valence-electron chi connectivity index (χ0n) is 8.50. The predicted octanol–water partition coefficient (Wildman–Crippen LogP) is 2.83. The Hall–Kier alpha value is -0.850. The summed E-state index contributed by atoms with van der Waals surface area (Å²) in [4.78, 5) is 0. The molecule has 1 N–H and O–H groups in total. The molecule has 16 heavy (non-hydrogen) atoms. The molecule has 0 unspecified atom stereocenters. The van der Waals surface area contributed by atoms with Gasteiger partial charge in [-0.1, -0.05) is 17.4 Å². The van der Waals surface area contributed by atoms with Crippen molar-refractivity contribution in [1.82, 2.24) is 15.5 Å². The van der Waals surface area contributed by atoms with E-state index in [1.165, 1.54) is 17.4 Å². The van der Waals surface area contributed by atoms with Crippen LogP contribution in [0.4, 0.5) is 4.39 Å². The van der Waals surface area contributed by atoms with E-state index in [-0.39, 0.29) is 5.82 Å². The summed E-state index contributed by atoms with van der Waals surface area (Å²) in [6, 6.07) is 4.94. The van der Waals surface area contributed by atoms with Gasteiger partial charge in [0.2, 0.25) is 0 Å². The SMILES string of the molecule is CNCc1nnc(-c2ccc(Br)c(F)c2)s1. The lowest BCUT2D eigenvalue weighted by Gasteiger charge is -1.97. The molecule has 2 aromatic rings. The molecule has 3 nitrogen and oxygen atoms in total. The first-order chi connectivity index (χ1) is 7.70. The van der Waals surface area contributed by atoms with Crippen molar-refractivity contribution in [2.24, 2.45) is 0 Å². The Kier molecular flexibility index (Phi) is 3.63. The van der Waals surface area contributed by atoms with Gasteiger partial charge in [0.15, 0.2) is 0 Å². The number of hydrogen-bond acceptors (Lipinski definition) is 4. The molecule has 0 bridgehead atoms. The van der Waals surface area contributed by atoms with Crippen LogP contribution in [-0.2, 0) is 6.54 Å². The number of hydrogen-bond donors (Lipinski definition) is 1. The summed E-state index contributed by atoms with van der Waals surface area (Å²) in [6.07, 6.45) is 0. The monoisotopic (exact) mass is 301 g/mol. The predicted molar refractivity (Wildman–Crippen MR) is 65.8 cm³/mol.